The van der Waals surface area contributed by atoms with Gasteiger partial charge in [0.15, 0.2) is 5.82 Å². The second-order valence-corrected chi connectivity index (χ2v) is 13.6. The van der Waals surface area contributed by atoms with Gasteiger partial charge in [0.25, 0.3) is 20.2 Å². The smallest absolute Gasteiger partial charge is 0.261 e. The van der Waals surface area contributed by atoms with Gasteiger partial charge in [-0.3, -0.25) is 9.11 Å². The summed E-state index contributed by atoms with van der Waals surface area (Å²) in [4.78, 5) is 13.7. The summed E-state index contributed by atoms with van der Waals surface area (Å²) in [6.45, 7) is 2.08. The summed E-state index contributed by atoms with van der Waals surface area (Å²) in [5.41, 5.74) is 10.1. The number of nitrogens with one attached hydrogen (secondary N) is 1. The first-order valence-electron chi connectivity index (χ1n) is 13.4. The van der Waals surface area contributed by atoms with E-state index in [-0.39, 0.29) is 5.95 Å². The van der Waals surface area contributed by atoms with E-state index in [0.717, 1.165) is 32.6 Å². The molecule has 5 N–H and O–H groups in total. The molecule has 0 aliphatic carbocycles. The second-order valence-electron chi connectivity index (χ2n) is 9.80. The standard InChI is InChI=1S/C28H21N7OS.2CH4O3S/c1-17-15-24(37-16-17)25-20-5-2-3-6-21(20)26(35-34-25)32-18-8-10-19(11-9-18)36-27-22(7-4-13-30-27)23-12-14-31-28(29)33-23;2*1-5(2,3)4/h2-16H,1H3,(H,32,35)(H2,29,31,33);2*1H3,(H,2,3,4). The molecule has 47 heavy (non-hydrogen) atoms. The zero-order valence-electron chi connectivity index (χ0n) is 25.1. The summed E-state index contributed by atoms with van der Waals surface area (Å²) < 4.78 is 57.8. The highest BCUT2D eigenvalue weighted by atomic mass is 32.2. The number of thiophene rings is 1. The van der Waals surface area contributed by atoms with Crippen LogP contribution in [-0.4, -0.2) is 63.6 Å². The number of anilines is 3. The van der Waals surface area contributed by atoms with Gasteiger partial charge >= 0.3 is 0 Å². The molecule has 0 unspecified atom stereocenters. The van der Waals surface area contributed by atoms with Gasteiger partial charge in [-0.1, -0.05) is 24.3 Å². The zero-order valence-corrected chi connectivity index (χ0v) is 27.6. The summed E-state index contributed by atoms with van der Waals surface area (Å²) >= 11 is 1.67. The Bertz CT molecular complexity index is 2170. The van der Waals surface area contributed by atoms with Gasteiger partial charge in [0.1, 0.15) is 11.4 Å². The third-order valence-electron chi connectivity index (χ3n) is 5.70. The van der Waals surface area contributed by atoms with Crippen molar-refractivity contribution in [3.63, 3.8) is 0 Å². The number of pyridine rings is 1. The Kier molecular flexibility index (Phi) is 11.1. The summed E-state index contributed by atoms with van der Waals surface area (Å²) in [6.07, 6.45) is 4.71. The summed E-state index contributed by atoms with van der Waals surface area (Å²) in [5.74, 6) is 1.94. The van der Waals surface area contributed by atoms with E-state index in [0.29, 0.717) is 35.7 Å². The number of rotatable bonds is 6. The highest BCUT2D eigenvalue weighted by Crippen LogP contribution is 2.35. The molecule has 0 bridgehead atoms. The Balaban J connectivity index is 0.000000439. The highest BCUT2D eigenvalue weighted by Gasteiger charge is 2.14. The average molecular weight is 696 g/mol. The van der Waals surface area contributed by atoms with Crippen molar-refractivity contribution in [1.29, 1.82) is 0 Å². The third-order valence-corrected chi connectivity index (χ3v) is 6.76. The number of fused-ring (bicyclic) bond motifs is 1. The van der Waals surface area contributed by atoms with Crippen LogP contribution in [0.2, 0.25) is 0 Å². The first-order valence-corrected chi connectivity index (χ1v) is 18.0. The molecule has 0 fully saturated rings. The van der Waals surface area contributed by atoms with Crippen molar-refractivity contribution in [3.05, 3.63) is 96.1 Å². The molecule has 4 heterocycles. The number of benzene rings is 2. The molecular formula is C30H29N7O7S3. The first kappa shape index (κ1) is 34.8. The fourth-order valence-electron chi connectivity index (χ4n) is 3.98. The van der Waals surface area contributed by atoms with Gasteiger partial charge in [-0.25, -0.2) is 15.0 Å². The minimum Gasteiger partial charge on any atom is -0.438 e. The zero-order chi connectivity index (χ0) is 34.2. The van der Waals surface area contributed by atoms with Crippen molar-refractivity contribution < 1.29 is 30.7 Å². The van der Waals surface area contributed by atoms with Crippen LogP contribution in [0.15, 0.2) is 90.6 Å². The lowest BCUT2D eigenvalue weighted by atomic mass is 10.1. The van der Waals surface area contributed by atoms with E-state index < -0.39 is 20.2 Å². The lowest BCUT2D eigenvalue weighted by molar-refractivity contribution is 0.465. The number of hydrogen-bond donors (Lipinski definition) is 4. The molecule has 0 amide bonds. The molecule has 0 aliphatic rings. The van der Waals surface area contributed by atoms with Crippen LogP contribution in [0.4, 0.5) is 17.5 Å². The van der Waals surface area contributed by atoms with Gasteiger partial charge in [-0.05, 0) is 66.4 Å². The molecule has 14 nitrogen and oxygen atoms in total. The highest BCUT2D eigenvalue weighted by molar-refractivity contribution is 7.85. The number of nitrogens with zero attached hydrogens (tertiary/aromatic N) is 5. The van der Waals surface area contributed by atoms with Gasteiger partial charge < -0.3 is 15.8 Å². The Hall–Kier alpha value is -5.07. The Morgan fingerprint density at radius 3 is 2.11 bits per heavy atom. The monoisotopic (exact) mass is 695 g/mol. The molecule has 2 aromatic carbocycles. The summed E-state index contributed by atoms with van der Waals surface area (Å²) in [7, 11) is -7.33. The SMILES string of the molecule is CS(=O)(=O)O.CS(=O)(=O)O.Cc1csc(-c2nnc(Nc3ccc(Oc4ncccc4-c4ccnc(N)n4)cc3)c3ccccc23)c1. The fourth-order valence-corrected chi connectivity index (χ4v) is 4.88. The van der Waals surface area contributed by atoms with E-state index in [1.165, 1.54) is 5.56 Å². The van der Waals surface area contributed by atoms with E-state index in [2.05, 4.69) is 61.0 Å². The van der Waals surface area contributed by atoms with E-state index in [4.69, 9.17) is 19.6 Å². The molecule has 6 aromatic rings. The molecule has 244 valence electrons. The molecule has 6 rings (SSSR count). The Morgan fingerprint density at radius 1 is 0.830 bits per heavy atom. The fraction of sp³-hybridized carbons (Fsp3) is 0.100. The van der Waals surface area contributed by atoms with E-state index >= 15 is 0 Å². The predicted octanol–water partition coefficient (Wildman–Crippen LogP) is 5.64. The van der Waals surface area contributed by atoms with Crippen LogP contribution in [0, 0.1) is 6.92 Å². The van der Waals surface area contributed by atoms with Crippen LogP contribution in [0.3, 0.4) is 0 Å². The molecule has 0 spiro atoms. The molecule has 17 heteroatoms. The number of nitrogens with two attached hydrogens (primary N) is 1. The molecule has 0 radical (unpaired) electrons. The van der Waals surface area contributed by atoms with Gasteiger partial charge in [0.05, 0.1) is 28.6 Å². The maximum absolute atomic E-state index is 9.19. The van der Waals surface area contributed by atoms with Crippen LogP contribution < -0.4 is 15.8 Å². The lowest BCUT2D eigenvalue weighted by Gasteiger charge is -2.12. The quantitative estimate of drug-likeness (QED) is 0.155. The van der Waals surface area contributed by atoms with Gasteiger partial charge in [0.2, 0.25) is 11.8 Å². The molecule has 0 saturated heterocycles. The van der Waals surface area contributed by atoms with Crippen LogP contribution in [0.25, 0.3) is 32.6 Å². The number of aryl methyl sites for hydroxylation is 1. The maximum atomic E-state index is 9.19. The molecule has 0 saturated carbocycles. The average Bonchev–Trinajstić information content (AvgIpc) is 3.43. The predicted molar refractivity (Wildman–Crippen MR) is 182 cm³/mol. The van der Waals surface area contributed by atoms with Gasteiger partial charge in [-0.2, -0.15) is 16.8 Å². The van der Waals surface area contributed by atoms with E-state index in [9.17, 15) is 16.8 Å². The van der Waals surface area contributed by atoms with Crippen molar-refractivity contribution in [2.24, 2.45) is 0 Å². The topological polar surface area (TPSA) is 220 Å². The largest absolute Gasteiger partial charge is 0.438 e. The number of ether oxygens (including phenoxy) is 1. The normalized spacial score (nSPS) is 11.1. The summed E-state index contributed by atoms with van der Waals surface area (Å²) in [5, 5.41) is 16.6. The minimum absolute atomic E-state index is 0.192. The third kappa shape index (κ3) is 11.0. The van der Waals surface area contributed by atoms with Crippen LogP contribution in [0.1, 0.15) is 5.56 Å². The number of hydrogen-bond acceptors (Lipinski definition) is 13. The van der Waals surface area contributed by atoms with Crippen molar-refractivity contribution in [2.45, 2.75) is 6.92 Å². The van der Waals surface area contributed by atoms with Crippen molar-refractivity contribution in [3.8, 4) is 33.5 Å². The Labute approximate surface area is 274 Å². The van der Waals surface area contributed by atoms with Gasteiger partial charge in [0, 0.05) is 28.9 Å². The molecule has 4 aromatic heterocycles. The molecule has 0 atom stereocenters. The van der Waals surface area contributed by atoms with E-state index in [1.807, 2.05) is 48.5 Å². The number of aromatic nitrogens is 5. The van der Waals surface area contributed by atoms with Crippen LogP contribution in [-0.2, 0) is 20.2 Å². The van der Waals surface area contributed by atoms with Crippen molar-refractivity contribution in [1.82, 2.24) is 25.1 Å². The van der Waals surface area contributed by atoms with Crippen LogP contribution in [0.5, 0.6) is 11.6 Å². The Morgan fingerprint density at radius 2 is 1.49 bits per heavy atom. The maximum Gasteiger partial charge on any atom is 0.261 e. The number of nitrogen functional groups attached to an aromatic ring is 1. The lowest BCUT2D eigenvalue weighted by Crippen LogP contribution is -1.99. The van der Waals surface area contributed by atoms with Crippen molar-refractivity contribution >= 4 is 59.8 Å². The van der Waals surface area contributed by atoms with Crippen molar-refractivity contribution in [2.75, 3.05) is 23.6 Å². The summed E-state index contributed by atoms with van der Waals surface area (Å²) in [6, 6.07) is 23.3. The van der Waals surface area contributed by atoms with E-state index in [1.54, 1.807) is 29.8 Å². The molecular weight excluding hydrogens is 667 g/mol. The van der Waals surface area contributed by atoms with Crippen LogP contribution >= 0.6 is 11.3 Å². The first-order chi connectivity index (χ1) is 22.1. The molecule has 0 aliphatic heterocycles. The minimum atomic E-state index is -3.67. The van der Waals surface area contributed by atoms with Gasteiger partial charge in [-0.15, -0.1) is 21.5 Å². The second kappa shape index (κ2) is 15.0.